The fourth-order valence-electron chi connectivity index (χ4n) is 6.62. The van der Waals surface area contributed by atoms with Crippen molar-refractivity contribution in [2.45, 2.75) is 98.3 Å². The molecule has 46 heavy (non-hydrogen) atoms. The lowest BCUT2D eigenvalue weighted by Crippen LogP contribution is -2.48. The maximum Gasteiger partial charge on any atom is 0.251 e. The van der Waals surface area contributed by atoms with Crippen molar-refractivity contribution in [3.05, 3.63) is 88.2 Å². The first-order chi connectivity index (χ1) is 22.1. The van der Waals surface area contributed by atoms with Gasteiger partial charge in [0, 0.05) is 73.5 Å². The van der Waals surface area contributed by atoms with E-state index in [2.05, 4.69) is 64.4 Å². The summed E-state index contributed by atoms with van der Waals surface area (Å²) in [7, 11) is 1.70. The molecule has 1 saturated heterocycles. The summed E-state index contributed by atoms with van der Waals surface area (Å²) in [6.07, 6.45) is 8.81. The van der Waals surface area contributed by atoms with Crippen LogP contribution in [0.1, 0.15) is 95.8 Å². The van der Waals surface area contributed by atoms with Crippen molar-refractivity contribution in [1.29, 1.82) is 0 Å². The van der Waals surface area contributed by atoms with E-state index < -0.39 is 0 Å². The molecule has 4 rings (SSSR count). The molecule has 0 saturated carbocycles. The molecule has 2 amide bonds. The first-order valence-corrected chi connectivity index (χ1v) is 16.9. The fraction of sp³-hybridized carbons (Fsp3) is 0.500. The van der Waals surface area contributed by atoms with Crippen molar-refractivity contribution in [3.63, 3.8) is 0 Å². The van der Waals surface area contributed by atoms with E-state index in [-0.39, 0.29) is 17.9 Å². The topological polar surface area (TPSA) is 86.8 Å². The van der Waals surface area contributed by atoms with Gasteiger partial charge >= 0.3 is 0 Å². The Bertz CT molecular complexity index is 1430. The first-order valence-electron chi connectivity index (χ1n) is 16.9. The van der Waals surface area contributed by atoms with Crippen LogP contribution in [0.2, 0.25) is 0 Å². The molecule has 2 N–H and O–H groups in total. The molecular weight excluding hydrogens is 574 g/mol. The van der Waals surface area contributed by atoms with Crippen molar-refractivity contribution in [3.8, 4) is 5.75 Å². The van der Waals surface area contributed by atoms with Gasteiger partial charge in [-0.1, -0.05) is 13.3 Å². The molecule has 1 aromatic heterocycles. The highest BCUT2D eigenvalue weighted by Gasteiger charge is 2.28. The second-order valence-corrected chi connectivity index (χ2v) is 12.9. The van der Waals surface area contributed by atoms with Gasteiger partial charge in [0.2, 0.25) is 0 Å². The molecule has 1 aliphatic rings. The number of pyridine rings is 1. The molecule has 0 bridgehead atoms. The zero-order valence-electron chi connectivity index (χ0n) is 28.9. The molecule has 248 valence electrons. The van der Waals surface area contributed by atoms with Gasteiger partial charge in [-0.2, -0.15) is 0 Å². The maximum atomic E-state index is 13.2. The molecule has 0 spiro atoms. The predicted octanol–water partition coefficient (Wildman–Crippen LogP) is 6.61. The Hall–Kier alpha value is -3.91. The molecule has 2 atom stereocenters. The van der Waals surface area contributed by atoms with Crippen LogP contribution in [-0.2, 0) is 6.54 Å². The smallest absolute Gasteiger partial charge is 0.251 e. The number of ether oxygens (including phenoxy) is 1. The Balaban J connectivity index is 1.31. The van der Waals surface area contributed by atoms with E-state index in [0.29, 0.717) is 29.8 Å². The minimum atomic E-state index is -0.0870. The zero-order chi connectivity index (χ0) is 33.2. The molecule has 3 aromatic rings. The van der Waals surface area contributed by atoms with Crippen LogP contribution in [0.25, 0.3) is 0 Å². The van der Waals surface area contributed by atoms with E-state index >= 15 is 0 Å². The third-order valence-electron chi connectivity index (χ3n) is 9.42. The van der Waals surface area contributed by atoms with Crippen LogP contribution in [-0.4, -0.2) is 66.6 Å². The van der Waals surface area contributed by atoms with Gasteiger partial charge in [-0.05, 0) is 125 Å². The average molecular weight is 628 g/mol. The molecule has 0 radical (unpaired) electrons. The molecule has 8 nitrogen and oxygen atoms in total. The van der Waals surface area contributed by atoms with Gasteiger partial charge in [-0.3, -0.25) is 14.6 Å². The number of aryl methyl sites for hydroxylation is 3. The SMILES string of the molecule is CCCC(C)NC(=O)c1cc(C)c(C(=O)NCCC(C)N2CCC(N(Cc3cnccc3C)c3ccc(OC)cc3)CC2)c(C)c1. The molecule has 1 aliphatic heterocycles. The van der Waals surface area contributed by atoms with Crippen LogP contribution in [0.15, 0.2) is 54.9 Å². The Morgan fingerprint density at radius 1 is 0.978 bits per heavy atom. The van der Waals surface area contributed by atoms with Crippen LogP contribution in [0.5, 0.6) is 5.75 Å². The third kappa shape index (κ3) is 9.09. The number of methoxy groups -OCH3 is 1. The second-order valence-electron chi connectivity index (χ2n) is 12.9. The molecular formula is C38H53N5O3. The van der Waals surface area contributed by atoms with Crippen LogP contribution in [0.4, 0.5) is 5.69 Å². The number of carbonyl (C=O) groups is 2. The minimum absolute atomic E-state index is 0.0759. The Kier molecular flexibility index (Phi) is 12.6. The van der Waals surface area contributed by atoms with Crippen molar-refractivity contribution < 1.29 is 14.3 Å². The summed E-state index contributed by atoms with van der Waals surface area (Å²) in [4.78, 5) is 35.4. The summed E-state index contributed by atoms with van der Waals surface area (Å²) in [5.74, 6) is 0.697. The van der Waals surface area contributed by atoms with Crippen molar-refractivity contribution in [2.24, 2.45) is 0 Å². The lowest BCUT2D eigenvalue weighted by Gasteiger charge is -2.42. The zero-order valence-corrected chi connectivity index (χ0v) is 28.9. The molecule has 1 fully saturated rings. The predicted molar refractivity (Wildman–Crippen MR) is 187 cm³/mol. The number of rotatable bonds is 14. The van der Waals surface area contributed by atoms with Crippen LogP contribution in [0, 0.1) is 20.8 Å². The maximum absolute atomic E-state index is 13.2. The number of benzene rings is 2. The summed E-state index contributed by atoms with van der Waals surface area (Å²) in [5.41, 5.74) is 6.61. The van der Waals surface area contributed by atoms with E-state index in [0.717, 1.165) is 68.6 Å². The molecule has 2 unspecified atom stereocenters. The van der Waals surface area contributed by atoms with E-state index in [1.54, 1.807) is 7.11 Å². The Morgan fingerprint density at radius 2 is 1.65 bits per heavy atom. The number of nitrogens with zero attached hydrogens (tertiary/aromatic N) is 3. The highest BCUT2D eigenvalue weighted by Crippen LogP contribution is 2.29. The Morgan fingerprint density at radius 3 is 2.26 bits per heavy atom. The van der Waals surface area contributed by atoms with Gasteiger partial charge < -0.3 is 25.2 Å². The summed E-state index contributed by atoms with van der Waals surface area (Å²) >= 11 is 0. The number of anilines is 1. The van der Waals surface area contributed by atoms with Gasteiger partial charge in [0.05, 0.1) is 7.11 Å². The average Bonchev–Trinajstić information content (AvgIpc) is 3.04. The lowest BCUT2D eigenvalue weighted by atomic mass is 9.97. The summed E-state index contributed by atoms with van der Waals surface area (Å²) in [6.45, 7) is 15.8. The lowest BCUT2D eigenvalue weighted by molar-refractivity contribution is 0.0928. The van der Waals surface area contributed by atoms with Crippen LogP contribution in [0.3, 0.4) is 0 Å². The number of nitrogens with one attached hydrogen (secondary N) is 2. The van der Waals surface area contributed by atoms with Crippen molar-refractivity contribution in [2.75, 3.05) is 31.6 Å². The first kappa shape index (κ1) is 35.0. The number of aromatic nitrogens is 1. The second kappa shape index (κ2) is 16.6. The van der Waals surface area contributed by atoms with Gasteiger partial charge in [-0.25, -0.2) is 0 Å². The van der Waals surface area contributed by atoms with E-state index in [1.165, 1.54) is 16.8 Å². The number of hydrogen-bond donors (Lipinski definition) is 2. The summed E-state index contributed by atoms with van der Waals surface area (Å²) < 4.78 is 5.41. The van der Waals surface area contributed by atoms with Gasteiger partial charge in [0.15, 0.2) is 0 Å². The third-order valence-corrected chi connectivity index (χ3v) is 9.42. The number of amides is 2. The van der Waals surface area contributed by atoms with E-state index in [9.17, 15) is 9.59 Å². The number of carbonyl (C=O) groups excluding carboxylic acids is 2. The van der Waals surface area contributed by atoms with Crippen LogP contribution < -0.4 is 20.3 Å². The molecule has 0 aliphatic carbocycles. The van der Waals surface area contributed by atoms with Gasteiger partial charge in [0.1, 0.15) is 5.75 Å². The largest absolute Gasteiger partial charge is 0.497 e. The number of hydrogen-bond acceptors (Lipinski definition) is 6. The number of piperidine rings is 1. The fourth-order valence-corrected chi connectivity index (χ4v) is 6.62. The quantitative estimate of drug-likeness (QED) is 0.209. The van der Waals surface area contributed by atoms with Gasteiger partial charge in [-0.15, -0.1) is 0 Å². The minimum Gasteiger partial charge on any atom is -0.497 e. The van der Waals surface area contributed by atoms with Gasteiger partial charge in [0.25, 0.3) is 11.8 Å². The normalized spacial score (nSPS) is 15.2. The summed E-state index contributed by atoms with van der Waals surface area (Å²) in [5, 5.41) is 6.21. The summed E-state index contributed by atoms with van der Waals surface area (Å²) in [6, 6.07) is 15.0. The van der Waals surface area contributed by atoms with Crippen molar-refractivity contribution in [1.82, 2.24) is 20.5 Å². The van der Waals surface area contributed by atoms with Crippen LogP contribution >= 0.6 is 0 Å². The highest BCUT2D eigenvalue weighted by molar-refractivity contribution is 6.00. The molecule has 2 aromatic carbocycles. The van der Waals surface area contributed by atoms with E-state index in [1.807, 2.05) is 57.4 Å². The monoisotopic (exact) mass is 627 g/mol. The Labute approximate surface area is 275 Å². The molecule has 8 heteroatoms. The van der Waals surface area contributed by atoms with Crippen molar-refractivity contribution >= 4 is 17.5 Å². The highest BCUT2D eigenvalue weighted by atomic mass is 16.5. The standard InChI is InChI=1S/C38H53N5O3/c1-8-9-29(5)41-37(44)31-22-27(3)36(28(4)23-31)38(45)40-19-15-30(6)42-20-16-34(17-21-42)43(25-32-24-39-18-14-26(32)2)33-10-12-35(46-7)13-11-33/h10-14,18,22-24,29-30,34H,8-9,15-17,19-21,25H2,1-7H3,(H,40,45)(H,41,44). The molecule has 2 heterocycles. The van der Waals surface area contributed by atoms with E-state index in [4.69, 9.17) is 4.74 Å². The number of likely N-dealkylation sites (tertiary alicyclic amines) is 1.